The third-order valence-corrected chi connectivity index (χ3v) is 8.33. The molecule has 2 aromatic heterocycles. The van der Waals surface area contributed by atoms with Crippen LogP contribution in [0.2, 0.25) is 0 Å². The molecule has 2 atom stereocenters. The van der Waals surface area contributed by atoms with Gasteiger partial charge in [-0.15, -0.1) is 0 Å². The number of pyridine rings is 1. The fraction of sp³-hybridized carbons (Fsp3) is 0.303. The van der Waals surface area contributed by atoms with E-state index >= 15 is 4.39 Å². The molecule has 194 valence electrons. The Morgan fingerprint density at radius 1 is 1.08 bits per heavy atom. The number of benzene rings is 2. The summed E-state index contributed by atoms with van der Waals surface area (Å²) in [6, 6.07) is 18.6. The number of allylic oxidation sites excluding steroid dienone is 2. The highest BCUT2D eigenvalue weighted by molar-refractivity contribution is 6.00. The zero-order chi connectivity index (χ0) is 27.1. The van der Waals surface area contributed by atoms with Crippen LogP contribution in [0.5, 0.6) is 0 Å². The summed E-state index contributed by atoms with van der Waals surface area (Å²) in [6.45, 7) is 4.36. The monoisotopic (exact) mass is 516 g/mol. The van der Waals surface area contributed by atoms with Crippen LogP contribution in [0.3, 0.4) is 0 Å². The van der Waals surface area contributed by atoms with Crippen LogP contribution in [-0.2, 0) is 16.6 Å². The Hall–Kier alpha value is -4.24. The first-order valence-electron chi connectivity index (χ1n) is 13.6. The summed E-state index contributed by atoms with van der Waals surface area (Å²) >= 11 is 0. The van der Waals surface area contributed by atoms with Crippen LogP contribution in [0, 0.1) is 29.0 Å². The lowest BCUT2D eigenvalue weighted by Crippen LogP contribution is -2.44. The maximum Gasteiger partial charge on any atom is 0.173 e. The quantitative estimate of drug-likeness (QED) is 0.281. The van der Waals surface area contributed by atoms with Crippen LogP contribution in [0.25, 0.3) is 33.5 Å². The first kappa shape index (κ1) is 25.1. The molecule has 0 aliphatic heterocycles. The molecule has 2 aromatic carbocycles. The first-order chi connectivity index (χ1) is 18.9. The van der Waals surface area contributed by atoms with Gasteiger partial charge in [0, 0.05) is 40.1 Å². The number of hydrogen-bond acceptors (Lipinski definition) is 5. The van der Waals surface area contributed by atoms with Gasteiger partial charge in [-0.3, -0.25) is 9.78 Å². The number of nitrogens with zero attached hydrogens (tertiary/aromatic N) is 4. The Morgan fingerprint density at radius 2 is 1.87 bits per heavy atom. The number of Topliss-reactive ketones (excluding diaryl/α,β-unsaturated/α-hetero) is 1. The fourth-order valence-corrected chi connectivity index (χ4v) is 6.32. The lowest BCUT2D eigenvalue weighted by Gasteiger charge is -2.46. The molecule has 4 aromatic rings. The molecule has 2 aliphatic rings. The molecule has 2 aliphatic carbocycles. The molecule has 0 saturated heterocycles. The van der Waals surface area contributed by atoms with Gasteiger partial charge >= 0.3 is 0 Å². The average molecular weight is 517 g/mol. The van der Waals surface area contributed by atoms with E-state index in [1.54, 1.807) is 18.3 Å². The van der Waals surface area contributed by atoms with Crippen LogP contribution in [0.4, 0.5) is 4.39 Å². The van der Waals surface area contributed by atoms with Crippen molar-refractivity contribution in [3.05, 3.63) is 89.5 Å². The minimum absolute atomic E-state index is 0.0266. The van der Waals surface area contributed by atoms with Gasteiger partial charge in [-0.1, -0.05) is 50.3 Å². The summed E-state index contributed by atoms with van der Waals surface area (Å²) in [6.07, 6.45) is 7.02. The molecular formula is C33H29FN4O. The number of halogens is 1. The van der Waals surface area contributed by atoms with Gasteiger partial charge in [0.1, 0.15) is 11.9 Å². The predicted molar refractivity (Wildman–Crippen MR) is 149 cm³/mol. The van der Waals surface area contributed by atoms with Crippen LogP contribution in [0.15, 0.2) is 72.4 Å². The van der Waals surface area contributed by atoms with E-state index in [0.29, 0.717) is 35.8 Å². The Bertz CT molecular complexity index is 1680. The third-order valence-electron chi connectivity index (χ3n) is 8.33. The number of hydrogen-bond donors (Lipinski definition) is 0. The molecular weight excluding hydrogens is 487 g/mol. The van der Waals surface area contributed by atoms with Crippen molar-refractivity contribution in [2.24, 2.45) is 11.8 Å². The van der Waals surface area contributed by atoms with Gasteiger partial charge in [0.25, 0.3) is 0 Å². The molecule has 0 bridgehead atoms. The van der Waals surface area contributed by atoms with Crippen molar-refractivity contribution in [2.45, 2.75) is 51.4 Å². The Kier molecular flexibility index (Phi) is 6.31. The second-order valence-corrected chi connectivity index (χ2v) is 11.1. The number of aromatic nitrogens is 3. The molecule has 5 nitrogen and oxygen atoms in total. The molecule has 6 rings (SSSR count). The van der Waals surface area contributed by atoms with Crippen molar-refractivity contribution in [2.75, 3.05) is 0 Å². The highest BCUT2D eigenvalue weighted by atomic mass is 19.1. The zero-order valence-electron chi connectivity index (χ0n) is 22.1. The summed E-state index contributed by atoms with van der Waals surface area (Å²) < 4.78 is 15.3. The maximum atomic E-state index is 15.3. The van der Waals surface area contributed by atoms with Gasteiger partial charge < -0.3 is 0 Å². The van der Waals surface area contributed by atoms with Crippen molar-refractivity contribution < 1.29 is 9.18 Å². The SMILES string of the molecule is CC(C)CC[C@@]12C=C(C#N)C(=O)C[C@H]1CCc1c(-c3ccccc3F)nc(-c3ccnc4ccccc34)nc12. The number of para-hydroxylation sites is 1. The van der Waals surface area contributed by atoms with Crippen LogP contribution >= 0.6 is 0 Å². The van der Waals surface area contributed by atoms with Crippen LogP contribution in [-0.4, -0.2) is 20.7 Å². The molecule has 0 spiro atoms. The van der Waals surface area contributed by atoms with Gasteiger partial charge in [-0.2, -0.15) is 5.26 Å². The van der Waals surface area contributed by atoms with Gasteiger partial charge in [0.15, 0.2) is 11.6 Å². The Labute approximate surface area is 227 Å². The molecule has 0 amide bonds. The predicted octanol–water partition coefficient (Wildman–Crippen LogP) is 7.16. The van der Waals surface area contributed by atoms with Crippen molar-refractivity contribution >= 4 is 16.7 Å². The molecule has 0 radical (unpaired) electrons. The van der Waals surface area contributed by atoms with Gasteiger partial charge in [0.2, 0.25) is 0 Å². The lowest BCUT2D eigenvalue weighted by molar-refractivity contribution is -0.117. The van der Waals surface area contributed by atoms with Gasteiger partial charge in [0.05, 0.1) is 22.5 Å². The maximum absolute atomic E-state index is 15.3. The minimum Gasteiger partial charge on any atom is -0.293 e. The standard InChI is InChI=1S/C33H29FN4O/c1-20(2)13-15-33-18-21(19-35)29(39)17-22(33)11-12-26-30(25-8-3-5-9-27(25)34)37-32(38-31(26)33)24-14-16-36-28-10-6-4-7-23(24)28/h3-10,14,16,18,20,22H,11-13,15,17H2,1-2H3/t22-,33-/m1/s1. The number of fused-ring (bicyclic) bond motifs is 4. The zero-order valence-corrected chi connectivity index (χ0v) is 22.1. The number of carbonyl (C=O) groups excluding carboxylic acids is 1. The fourth-order valence-electron chi connectivity index (χ4n) is 6.32. The molecule has 0 unspecified atom stereocenters. The summed E-state index contributed by atoms with van der Waals surface area (Å²) in [7, 11) is 0. The summed E-state index contributed by atoms with van der Waals surface area (Å²) in [4.78, 5) is 27.6. The van der Waals surface area contributed by atoms with Crippen LogP contribution < -0.4 is 0 Å². The van der Waals surface area contributed by atoms with E-state index in [1.807, 2.05) is 42.5 Å². The van der Waals surface area contributed by atoms with E-state index < -0.39 is 5.41 Å². The molecule has 0 fully saturated rings. The normalized spacial score (nSPS) is 20.3. The highest BCUT2D eigenvalue weighted by Gasteiger charge is 2.49. The van der Waals surface area contributed by atoms with Crippen molar-refractivity contribution in [3.8, 4) is 28.7 Å². The molecule has 2 heterocycles. The molecule has 0 N–H and O–H groups in total. The van der Waals surface area contributed by atoms with E-state index in [-0.39, 0.29) is 23.1 Å². The number of rotatable bonds is 5. The Morgan fingerprint density at radius 3 is 2.67 bits per heavy atom. The second kappa shape index (κ2) is 9.81. The molecule has 6 heteroatoms. The topological polar surface area (TPSA) is 79.5 Å². The van der Waals surface area contributed by atoms with Crippen molar-refractivity contribution in [1.82, 2.24) is 15.0 Å². The van der Waals surface area contributed by atoms with E-state index in [4.69, 9.17) is 9.97 Å². The van der Waals surface area contributed by atoms with E-state index in [9.17, 15) is 10.1 Å². The van der Waals surface area contributed by atoms with E-state index in [2.05, 4.69) is 24.9 Å². The summed E-state index contributed by atoms with van der Waals surface area (Å²) in [5, 5.41) is 10.8. The lowest BCUT2D eigenvalue weighted by atomic mass is 9.58. The first-order valence-corrected chi connectivity index (χ1v) is 13.6. The van der Waals surface area contributed by atoms with Crippen LogP contribution in [0.1, 0.15) is 50.8 Å². The highest BCUT2D eigenvalue weighted by Crippen LogP contribution is 2.52. The van der Waals surface area contributed by atoms with Gasteiger partial charge in [-0.25, -0.2) is 14.4 Å². The largest absolute Gasteiger partial charge is 0.293 e. The number of nitriles is 1. The molecule has 0 saturated carbocycles. The minimum atomic E-state index is -0.600. The third kappa shape index (κ3) is 4.23. The summed E-state index contributed by atoms with van der Waals surface area (Å²) in [5.74, 6) is 0.514. The van der Waals surface area contributed by atoms with E-state index in [1.165, 1.54) is 6.07 Å². The number of ketones is 1. The van der Waals surface area contributed by atoms with Crippen molar-refractivity contribution in [1.29, 1.82) is 5.26 Å². The smallest absolute Gasteiger partial charge is 0.173 e. The number of carbonyl (C=O) groups is 1. The molecule has 39 heavy (non-hydrogen) atoms. The van der Waals surface area contributed by atoms with Crippen molar-refractivity contribution in [3.63, 3.8) is 0 Å². The van der Waals surface area contributed by atoms with E-state index in [0.717, 1.165) is 47.0 Å². The average Bonchev–Trinajstić information content (AvgIpc) is 2.95. The second-order valence-electron chi connectivity index (χ2n) is 11.1. The Balaban J connectivity index is 1.70. The van der Waals surface area contributed by atoms with Gasteiger partial charge in [-0.05, 0) is 61.8 Å². The summed E-state index contributed by atoms with van der Waals surface area (Å²) in [5.41, 5.74) is 3.99.